The van der Waals surface area contributed by atoms with Gasteiger partial charge in [-0.25, -0.2) is 0 Å². The van der Waals surface area contributed by atoms with E-state index in [0.29, 0.717) is 12.0 Å². The molecule has 0 aromatic heterocycles. The number of Topliss-reactive ketones (excluding diaryl/α,β-unsaturated/α-hetero) is 1. The smallest absolute Gasteiger partial charge is 0.319 e. The number of ketones is 1. The van der Waals surface area contributed by atoms with Crippen molar-refractivity contribution >= 4 is 27.7 Å². The van der Waals surface area contributed by atoms with E-state index in [2.05, 4.69) is 20.7 Å². The number of hydrogen-bond donors (Lipinski definition) is 0. The van der Waals surface area contributed by atoms with E-state index < -0.39 is 0 Å². The lowest BCUT2D eigenvalue weighted by Gasteiger charge is -2.10. The van der Waals surface area contributed by atoms with E-state index in [1.165, 1.54) is 14.0 Å². The minimum absolute atomic E-state index is 0.0445. The normalized spacial score (nSPS) is 12.0. The molecule has 0 spiro atoms. The van der Waals surface area contributed by atoms with Crippen molar-refractivity contribution in [3.05, 3.63) is 34.9 Å². The van der Waals surface area contributed by atoms with E-state index in [1.807, 2.05) is 19.1 Å². The summed E-state index contributed by atoms with van der Waals surface area (Å²) in [6.07, 6.45) is 0.552. The molecule has 1 atom stereocenters. The number of esters is 1. The number of carbonyl (C=O) groups is 2. The molecule has 1 aromatic rings. The van der Waals surface area contributed by atoms with Gasteiger partial charge in [0, 0.05) is 5.56 Å². The molecular formula is C13H15BrO3. The average Bonchev–Trinajstić information content (AvgIpc) is 2.30. The largest absolute Gasteiger partial charge is 0.468 e. The van der Waals surface area contributed by atoms with Gasteiger partial charge in [-0.15, -0.1) is 0 Å². The first-order valence-corrected chi connectivity index (χ1v) is 6.19. The molecule has 3 nitrogen and oxygen atoms in total. The number of ether oxygens (including phenoxy) is 1. The number of hydrogen-bond acceptors (Lipinski definition) is 3. The Morgan fingerprint density at radius 1 is 1.41 bits per heavy atom. The van der Waals surface area contributed by atoms with Crippen LogP contribution < -0.4 is 0 Å². The third kappa shape index (κ3) is 3.66. The zero-order valence-corrected chi connectivity index (χ0v) is 11.7. The van der Waals surface area contributed by atoms with Crippen molar-refractivity contribution in [2.75, 3.05) is 7.11 Å². The molecule has 0 heterocycles. The monoisotopic (exact) mass is 298 g/mol. The average molecular weight is 299 g/mol. The van der Waals surface area contributed by atoms with Crippen molar-refractivity contribution < 1.29 is 14.3 Å². The maximum absolute atomic E-state index is 11.3. The Morgan fingerprint density at radius 3 is 2.53 bits per heavy atom. The van der Waals surface area contributed by atoms with Crippen LogP contribution in [0.15, 0.2) is 18.2 Å². The lowest BCUT2D eigenvalue weighted by atomic mass is 10.00. The summed E-state index contributed by atoms with van der Waals surface area (Å²) in [4.78, 5) is 22.1. The lowest BCUT2D eigenvalue weighted by Crippen LogP contribution is -2.18. The molecule has 4 heteroatoms. The minimum atomic E-state index is -0.352. The Kier molecular flexibility index (Phi) is 4.87. The molecule has 1 aromatic carbocycles. The third-order valence-electron chi connectivity index (χ3n) is 2.61. The van der Waals surface area contributed by atoms with Crippen LogP contribution in [0, 0.1) is 6.92 Å². The van der Waals surface area contributed by atoms with Crippen molar-refractivity contribution in [2.24, 2.45) is 0 Å². The summed E-state index contributed by atoms with van der Waals surface area (Å²) in [6.45, 7) is 3.47. The Hall–Kier alpha value is -1.16. The molecule has 1 rings (SSSR count). The quantitative estimate of drug-likeness (QED) is 0.488. The Bertz CT molecular complexity index is 440. The van der Waals surface area contributed by atoms with E-state index in [1.54, 1.807) is 6.07 Å². The zero-order chi connectivity index (χ0) is 13.0. The molecule has 0 N–H and O–H groups in total. The second kappa shape index (κ2) is 5.96. The van der Waals surface area contributed by atoms with Crippen LogP contribution in [0.3, 0.4) is 0 Å². The first-order valence-electron chi connectivity index (χ1n) is 5.28. The first kappa shape index (κ1) is 13.9. The molecule has 17 heavy (non-hydrogen) atoms. The van der Waals surface area contributed by atoms with Gasteiger partial charge in [0.2, 0.25) is 0 Å². The summed E-state index contributed by atoms with van der Waals surface area (Å²) in [7, 11) is 1.36. The minimum Gasteiger partial charge on any atom is -0.468 e. The number of benzene rings is 1. The number of carbonyl (C=O) groups excluding carboxylic acids is 2. The molecule has 0 aliphatic rings. The van der Waals surface area contributed by atoms with Crippen LogP contribution in [0.1, 0.15) is 28.4 Å². The van der Waals surface area contributed by atoms with Crippen LogP contribution >= 0.6 is 15.9 Å². The van der Waals surface area contributed by atoms with E-state index in [9.17, 15) is 9.59 Å². The van der Waals surface area contributed by atoms with Crippen LogP contribution in [0.5, 0.6) is 0 Å². The zero-order valence-electron chi connectivity index (χ0n) is 10.1. The molecule has 0 bridgehead atoms. The molecule has 0 fully saturated rings. The van der Waals surface area contributed by atoms with Gasteiger partial charge in [0.25, 0.3) is 0 Å². The molecule has 92 valence electrons. The Morgan fingerprint density at radius 2 is 2.06 bits per heavy atom. The van der Waals surface area contributed by atoms with Crippen molar-refractivity contribution in [3.8, 4) is 0 Å². The topological polar surface area (TPSA) is 43.4 Å². The standard InChI is InChI=1S/C13H15BrO3/c1-8-6-11(9(2)15)5-4-10(8)7-12(14)13(16)17-3/h4-6,12H,7H2,1-3H3. The van der Waals surface area contributed by atoms with Crippen molar-refractivity contribution in [3.63, 3.8) is 0 Å². The van der Waals surface area contributed by atoms with Gasteiger partial charge >= 0.3 is 5.97 Å². The fourth-order valence-electron chi connectivity index (χ4n) is 1.55. The van der Waals surface area contributed by atoms with Crippen molar-refractivity contribution in [1.29, 1.82) is 0 Å². The molecule has 0 aliphatic heterocycles. The number of halogens is 1. The maximum atomic E-state index is 11.3. The third-order valence-corrected chi connectivity index (χ3v) is 3.30. The first-order chi connectivity index (χ1) is 7.95. The van der Waals surface area contributed by atoms with Gasteiger partial charge in [0.1, 0.15) is 4.83 Å². The highest BCUT2D eigenvalue weighted by Gasteiger charge is 2.16. The van der Waals surface area contributed by atoms with E-state index in [-0.39, 0.29) is 16.6 Å². The summed E-state index contributed by atoms with van der Waals surface area (Å²) < 4.78 is 4.65. The summed E-state index contributed by atoms with van der Waals surface area (Å²) in [6, 6.07) is 5.50. The summed E-state index contributed by atoms with van der Waals surface area (Å²) in [5.74, 6) is -0.247. The second-order valence-electron chi connectivity index (χ2n) is 3.89. The van der Waals surface area contributed by atoms with Crippen LogP contribution in [0.25, 0.3) is 0 Å². The lowest BCUT2D eigenvalue weighted by molar-refractivity contribution is -0.139. The summed E-state index contributed by atoms with van der Waals surface area (Å²) in [5, 5.41) is 0. The van der Waals surface area contributed by atoms with Crippen LogP contribution in [0.4, 0.5) is 0 Å². The van der Waals surface area contributed by atoms with E-state index in [4.69, 9.17) is 0 Å². The Balaban J connectivity index is 2.86. The second-order valence-corrected chi connectivity index (χ2v) is 5.00. The van der Waals surface area contributed by atoms with Gasteiger partial charge in [-0.2, -0.15) is 0 Å². The predicted molar refractivity (Wildman–Crippen MR) is 69.6 cm³/mol. The molecular weight excluding hydrogens is 284 g/mol. The van der Waals surface area contributed by atoms with Crippen LogP contribution in [-0.4, -0.2) is 23.7 Å². The highest BCUT2D eigenvalue weighted by Crippen LogP contribution is 2.17. The van der Waals surface area contributed by atoms with Gasteiger partial charge in [0.05, 0.1) is 7.11 Å². The SMILES string of the molecule is COC(=O)C(Br)Cc1ccc(C(C)=O)cc1C. The number of rotatable bonds is 4. The van der Waals surface area contributed by atoms with E-state index >= 15 is 0 Å². The van der Waals surface area contributed by atoms with Crippen LogP contribution in [-0.2, 0) is 16.0 Å². The summed E-state index contributed by atoms with van der Waals surface area (Å²) in [5.41, 5.74) is 2.73. The van der Waals surface area contributed by atoms with Crippen LogP contribution in [0.2, 0.25) is 0 Å². The molecule has 0 aliphatic carbocycles. The van der Waals surface area contributed by atoms with Gasteiger partial charge in [-0.3, -0.25) is 9.59 Å². The molecule has 0 saturated heterocycles. The molecule has 0 saturated carbocycles. The highest BCUT2D eigenvalue weighted by atomic mass is 79.9. The number of alkyl halides is 1. The fourth-order valence-corrected chi connectivity index (χ4v) is 2.08. The summed E-state index contributed by atoms with van der Waals surface area (Å²) >= 11 is 3.28. The predicted octanol–water partition coefficient (Wildman–Crippen LogP) is 2.68. The van der Waals surface area contributed by atoms with Crippen molar-refractivity contribution in [1.82, 2.24) is 0 Å². The highest BCUT2D eigenvalue weighted by molar-refractivity contribution is 9.10. The Labute approximate surface area is 109 Å². The maximum Gasteiger partial charge on any atom is 0.319 e. The van der Waals surface area contributed by atoms with Crippen molar-refractivity contribution in [2.45, 2.75) is 25.1 Å². The van der Waals surface area contributed by atoms with Gasteiger partial charge in [-0.05, 0) is 37.5 Å². The van der Waals surface area contributed by atoms with Gasteiger partial charge < -0.3 is 4.74 Å². The van der Waals surface area contributed by atoms with E-state index in [0.717, 1.165) is 11.1 Å². The van der Waals surface area contributed by atoms with Gasteiger partial charge in [-0.1, -0.05) is 28.1 Å². The molecule has 1 unspecified atom stereocenters. The number of aryl methyl sites for hydroxylation is 1. The van der Waals surface area contributed by atoms with Gasteiger partial charge in [0.15, 0.2) is 5.78 Å². The number of methoxy groups -OCH3 is 1. The molecule has 0 radical (unpaired) electrons. The fraction of sp³-hybridized carbons (Fsp3) is 0.385. The molecule has 0 amide bonds.